The lowest BCUT2D eigenvalue weighted by Gasteiger charge is -2.12. The van der Waals surface area contributed by atoms with Crippen LogP contribution in [-0.4, -0.2) is 0 Å². The average Bonchev–Trinajstić information content (AvgIpc) is 3.03. The summed E-state index contributed by atoms with van der Waals surface area (Å²) in [4.78, 5) is 0. The van der Waals surface area contributed by atoms with Crippen LogP contribution in [0, 0.1) is 0 Å². The molecule has 4 N–H and O–H groups in total. The molecule has 0 aliphatic carbocycles. The molecular formula is C42H56N2. The first-order valence-electron chi connectivity index (χ1n) is 17.4. The van der Waals surface area contributed by atoms with Crippen molar-refractivity contribution < 1.29 is 0 Å². The molecule has 0 aromatic heterocycles. The summed E-state index contributed by atoms with van der Waals surface area (Å²) in [7, 11) is 0. The van der Waals surface area contributed by atoms with Crippen LogP contribution >= 0.6 is 0 Å². The first-order chi connectivity index (χ1) is 21.5. The van der Waals surface area contributed by atoms with Crippen LogP contribution in [0.3, 0.4) is 0 Å². The van der Waals surface area contributed by atoms with Crippen LogP contribution in [0.4, 0.5) is 11.4 Å². The summed E-state index contributed by atoms with van der Waals surface area (Å²) in [6, 6.07) is 31.5. The summed E-state index contributed by atoms with van der Waals surface area (Å²) >= 11 is 0. The van der Waals surface area contributed by atoms with Crippen molar-refractivity contribution in [2.75, 3.05) is 11.5 Å². The number of hydrogen-bond donors (Lipinski definition) is 2. The zero-order chi connectivity index (χ0) is 31.0. The standard InChI is InChI=1S/C42H56N2/c1-3-5-7-9-11-13-37-31-41(43)27-25-39(37)29-35-21-17-33(18-22-35)15-16-34-19-23-36(24-20-34)30-40-26-28-42(44)32-38(40)14-12-10-8-6-4-2/h17-28,31-32H,3-16,29-30,43-44H2,1-2H3. The molecule has 0 bridgehead atoms. The van der Waals surface area contributed by atoms with Gasteiger partial charge in [-0.15, -0.1) is 0 Å². The topological polar surface area (TPSA) is 52.0 Å². The molecule has 44 heavy (non-hydrogen) atoms. The number of unbranched alkanes of at least 4 members (excludes halogenated alkanes) is 8. The number of hydrogen-bond acceptors (Lipinski definition) is 2. The quantitative estimate of drug-likeness (QED) is 0.0845. The number of nitrogens with two attached hydrogens (primary N) is 2. The monoisotopic (exact) mass is 588 g/mol. The summed E-state index contributed by atoms with van der Waals surface area (Å²) < 4.78 is 0. The minimum absolute atomic E-state index is 0.879. The first kappa shape index (κ1) is 33.4. The second-order valence-electron chi connectivity index (χ2n) is 12.9. The van der Waals surface area contributed by atoms with E-state index in [1.807, 2.05) is 0 Å². The molecule has 0 fully saturated rings. The molecule has 0 unspecified atom stereocenters. The van der Waals surface area contributed by atoms with Crippen LogP contribution in [0.25, 0.3) is 0 Å². The molecule has 234 valence electrons. The summed E-state index contributed by atoms with van der Waals surface area (Å²) in [5.41, 5.74) is 25.3. The highest BCUT2D eigenvalue weighted by Crippen LogP contribution is 2.23. The van der Waals surface area contributed by atoms with Gasteiger partial charge in [-0.1, -0.05) is 126 Å². The summed E-state index contributed by atoms with van der Waals surface area (Å²) in [5, 5.41) is 0. The second-order valence-corrected chi connectivity index (χ2v) is 12.9. The molecule has 0 atom stereocenters. The highest BCUT2D eigenvalue weighted by Gasteiger charge is 2.08. The molecule has 0 aliphatic rings. The van der Waals surface area contributed by atoms with Crippen molar-refractivity contribution in [2.24, 2.45) is 0 Å². The van der Waals surface area contributed by atoms with Crippen LogP contribution in [0.5, 0.6) is 0 Å². The van der Waals surface area contributed by atoms with Gasteiger partial charge in [0.05, 0.1) is 0 Å². The maximum absolute atomic E-state index is 6.15. The fraction of sp³-hybridized carbons (Fsp3) is 0.429. The van der Waals surface area contributed by atoms with E-state index in [0.29, 0.717) is 0 Å². The molecule has 4 rings (SSSR count). The SMILES string of the molecule is CCCCCCCc1cc(N)ccc1Cc1ccc(CCc2ccc(Cc3ccc(N)cc3CCCCCCC)cc2)cc1. The van der Waals surface area contributed by atoms with E-state index < -0.39 is 0 Å². The Morgan fingerprint density at radius 3 is 1.11 bits per heavy atom. The molecule has 0 spiro atoms. The van der Waals surface area contributed by atoms with E-state index in [4.69, 9.17) is 11.5 Å². The summed E-state index contributed by atoms with van der Waals surface area (Å²) in [5.74, 6) is 0. The van der Waals surface area contributed by atoms with E-state index in [1.54, 1.807) is 0 Å². The van der Waals surface area contributed by atoms with Crippen molar-refractivity contribution in [3.05, 3.63) is 129 Å². The van der Waals surface area contributed by atoms with Crippen LogP contribution < -0.4 is 11.5 Å². The fourth-order valence-corrected chi connectivity index (χ4v) is 6.32. The molecular weight excluding hydrogens is 532 g/mol. The van der Waals surface area contributed by atoms with E-state index in [2.05, 4.69) is 98.8 Å². The predicted molar refractivity (Wildman–Crippen MR) is 193 cm³/mol. The van der Waals surface area contributed by atoms with Crippen molar-refractivity contribution in [3.63, 3.8) is 0 Å². The van der Waals surface area contributed by atoms with E-state index in [-0.39, 0.29) is 0 Å². The van der Waals surface area contributed by atoms with Crippen LogP contribution in [-0.2, 0) is 38.5 Å². The van der Waals surface area contributed by atoms with Crippen LogP contribution in [0.1, 0.15) is 123 Å². The van der Waals surface area contributed by atoms with Gasteiger partial charge < -0.3 is 11.5 Å². The molecule has 0 radical (unpaired) electrons. The smallest absolute Gasteiger partial charge is 0.0316 e. The van der Waals surface area contributed by atoms with E-state index in [0.717, 1.165) is 49.9 Å². The lowest BCUT2D eigenvalue weighted by atomic mass is 9.94. The van der Waals surface area contributed by atoms with Crippen molar-refractivity contribution in [3.8, 4) is 0 Å². The Labute approximate surface area is 268 Å². The predicted octanol–water partition coefficient (Wildman–Crippen LogP) is 10.8. The van der Waals surface area contributed by atoms with Crippen molar-refractivity contribution in [2.45, 2.75) is 117 Å². The zero-order valence-corrected chi connectivity index (χ0v) is 27.6. The van der Waals surface area contributed by atoms with Crippen LogP contribution in [0.15, 0.2) is 84.9 Å². The van der Waals surface area contributed by atoms with Gasteiger partial charge in [0.25, 0.3) is 0 Å². The number of aryl methyl sites for hydroxylation is 4. The Kier molecular flexibility index (Phi) is 13.9. The molecule has 0 saturated carbocycles. The molecule has 2 heteroatoms. The molecule has 4 aromatic carbocycles. The number of benzene rings is 4. The second kappa shape index (κ2) is 18.3. The van der Waals surface area contributed by atoms with Gasteiger partial charge >= 0.3 is 0 Å². The van der Waals surface area contributed by atoms with Gasteiger partial charge in [-0.2, -0.15) is 0 Å². The Hall–Kier alpha value is -3.52. The first-order valence-corrected chi connectivity index (χ1v) is 17.4. The number of anilines is 2. The highest BCUT2D eigenvalue weighted by atomic mass is 14.5. The van der Waals surface area contributed by atoms with Gasteiger partial charge in [-0.3, -0.25) is 0 Å². The molecule has 0 amide bonds. The van der Waals surface area contributed by atoms with Gasteiger partial charge in [-0.25, -0.2) is 0 Å². The minimum Gasteiger partial charge on any atom is -0.399 e. The van der Waals surface area contributed by atoms with Gasteiger partial charge in [0.15, 0.2) is 0 Å². The number of rotatable bonds is 19. The lowest BCUT2D eigenvalue weighted by molar-refractivity contribution is 0.631. The maximum atomic E-state index is 6.15. The van der Waals surface area contributed by atoms with Crippen molar-refractivity contribution in [1.82, 2.24) is 0 Å². The van der Waals surface area contributed by atoms with Crippen molar-refractivity contribution in [1.29, 1.82) is 0 Å². The number of nitrogen functional groups attached to an aromatic ring is 2. The largest absolute Gasteiger partial charge is 0.399 e. The Balaban J connectivity index is 1.27. The zero-order valence-electron chi connectivity index (χ0n) is 27.6. The molecule has 4 aromatic rings. The van der Waals surface area contributed by atoms with Crippen molar-refractivity contribution >= 4 is 11.4 Å². The Morgan fingerprint density at radius 1 is 0.364 bits per heavy atom. The average molecular weight is 589 g/mol. The third kappa shape index (κ3) is 11.2. The molecule has 0 aliphatic heterocycles. The molecule has 0 saturated heterocycles. The lowest BCUT2D eigenvalue weighted by Crippen LogP contribution is -1.99. The van der Waals surface area contributed by atoms with Gasteiger partial charge in [0.2, 0.25) is 0 Å². The summed E-state index contributed by atoms with van der Waals surface area (Å²) in [6.45, 7) is 4.54. The highest BCUT2D eigenvalue weighted by molar-refractivity contribution is 5.47. The molecule has 0 heterocycles. The minimum atomic E-state index is 0.879. The normalized spacial score (nSPS) is 11.2. The van der Waals surface area contributed by atoms with Gasteiger partial charge in [-0.05, 0) is 120 Å². The van der Waals surface area contributed by atoms with Crippen LogP contribution in [0.2, 0.25) is 0 Å². The maximum Gasteiger partial charge on any atom is 0.0316 e. The third-order valence-corrected chi connectivity index (χ3v) is 9.10. The molecule has 2 nitrogen and oxygen atoms in total. The van der Waals surface area contributed by atoms with Gasteiger partial charge in [0, 0.05) is 11.4 Å². The van der Waals surface area contributed by atoms with Gasteiger partial charge in [0.1, 0.15) is 0 Å². The Bertz CT molecular complexity index is 1280. The third-order valence-electron chi connectivity index (χ3n) is 9.10. The van der Waals surface area contributed by atoms with E-state index in [1.165, 1.54) is 109 Å². The Morgan fingerprint density at radius 2 is 0.727 bits per heavy atom. The fourth-order valence-electron chi connectivity index (χ4n) is 6.32. The summed E-state index contributed by atoms with van der Waals surface area (Å²) in [6.07, 6.45) is 19.4. The van der Waals surface area contributed by atoms with E-state index in [9.17, 15) is 0 Å². The van der Waals surface area contributed by atoms with E-state index >= 15 is 0 Å².